The zero-order valence-corrected chi connectivity index (χ0v) is 14.6. The predicted molar refractivity (Wildman–Crippen MR) is 87.1 cm³/mol. The van der Waals surface area contributed by atoms with Gasteiger partial charge in [0, 0.05) is 19.8 Å². The van der Waals surface area contributed by atoms with Crippen molar-refractivity contribution in [2.24, 2.45) is 4.99 Å². The van der Waals surface area contributed by atoms with Crippen LogP contribution < -0.4 is 0 Å². The fourth-order valence-corrected chi connectivity index (χ4v) is 3.51. The highest BCUT2D eigenvalue weighted by molar-refractivity contribution is 6.36. The molecule has 0 aromatic rings. The van der Waals surface area contributed by atoms with E-state index in [0.29, 0.717) is 0 Å². The van der Waals surface area contributed by atoms with E-state index < -0.39 is 0 Å². The molecule has 0 saturated heterocycles. The summed E-state index contributed by atoms with van der Waals surface area (Å²) < 4.78 is 11.1. The van der Waals surface area contributed by atoms with Crippen LogP contribution in [0.3, 0.4) is 0 Å². The summed E-state index contributed by atoms with van der Waals surface area (Å²) in [6, 6.07) is 1.23. The molecule has 4 heteroatoms. The molecule has 0 fully saturated rings. The van der Waals surface area contributed by atoms with Gasteiger partial charge in [0.2, 0.25) is 0 Å². The van der Waals surface area contributed by atoms with Gasteiger partial charge in [0.1, 0.15) is 5.91 Å². The summed E-state index contributed by atoms with van der Waals surface area (Å²) in [5.41, 5.74) is 0. The van der Waals surface area contributed by atoms with E-state index >= 15 is 0 Å². The summed E-state index contributed by atoms with van der Waals surface area (Å²) >= 11 is 0. The average molecular weight is 288 g/mol. The van der Waals surface area contributed by atoms with Crippen LogP contribution in [0.5, 0.6) is 0 Å². The molecule has 0 spiro atoms. The van der Waals surface area contributed by atoms with E-state index in [-0.39, 0.29) is 15.4 Å². The Bertz CT molecular complexity index is 195. The van der Waals surface area contributed by atoms with E-state index in [1.54, 1.807) is 0 Å². The van der Waals surface area contributed by atoms with Gasteiger partial charge in [-0.3, -0.25) is 4.99 Å². The van der Waals surface area contributed by atoms with Gasteiger partial charge >= 0.3 is 0 Å². The number of aliphatic imine (C=N–C) groups is 1. The second kappa shape index (κ2) is 15.9. The minimum absolute atomic E-state index is 0.109. The first-order valence-electron chi connectivity index (χ1n) is 8.06. The highest BCUT2D eigenvalue weighted by atomic mass is 28.2. The summed E-state index contributed by atoms with van der Waals surface area (Å²) in [4.78, 5) is 4.47. The van der Waals surface area contributed by atoms with Crippen LogP contribution in [0.15, 0.2) is 4.99 Å². The van der Waals surface area contributed by atoms with E-state index in [2.05, 4.69) is 18.1 Å². The Morgan fingerprint density at radius 1 is 1.00 bits per heavy atom. The quantitative estimate of drug-likeness (QED) is 0.212. The molecule has 0 aromatic heterocycles. The lowest BCUT2D eigenvalue weighted by Crippen LogP contribution is -2.24. The summed E-state index contributed by atoms with van der Waals surface area (Å²) in [5.74, 6) is 0.109. The maximum absolute atomic E-state index is 5.56. The van der Waals surface area contributed by atoms with Crippen LogP contribution in [0.4, 0.5) is 0 Å². The van der Waals surface area contributed by atoms with Gasteiger partial charge in [0.25, 0.3) is 0 Å². The first-order valence-corrected chi connectivity index (χ1v) is 9.88. The zero-order chi connectivity index (χ0) is 14.2. The molecule has 0 amide bonds. The molecule has 0 saturated carbocycles. The number of nitrogens with zero attached hydrogens (tertiary/aromatic N) is 1. The number of unbranched alkanes of at least 4 members (excludes halogenated alkanes) is 4. The van der Waals surface area contributed by atoms with Crippen LogP contribution in [0, 0.1) is 0 Å². The summed E-state index contributed by atoms with van der Waals surface area (Å²) in [6.45, 7) is 8.82. The summed E-state index contributed by atoms with van der Waals surface area (Å²) in [7, 11) is -0.283. The predicted octanol–water partition coefficient (Wildman–Crippen LogP) is 3.36. The average Bonchev–Trinajstić information content (AvgIpc) is 2.41. The third-order valence-corrected chi connectivity index (χ3v) is 4.76. The molecule has 0 aliphatic heterocycles. The van der Waals surface area contributed by atoms with Crippen LogP contribution in [-0.2, 0) is 9.47 Å². The van der Waals surface area contributed by atoms with Crippen molar-refractivity contribution in [1.29, 1.82) is 0 Å². The van der Waals surface area contributed by atoms with Crippen LogP contribution in [0.2, 0.25) is 6.04 Å². The topological polar surface area (TPSA) is 30.8 Å². The smallest absolute Gasteiger partial charge is 0.134 e. The van der Waals surface area contributed by atoms with Gasteiger partial charge in [0.15, 0.2) is 0 Å². The molecule has 0 aliphatic rings. The van der Waals surface area contributed by atoms with E-state index in [0.717, 1.165) is 26.2 Å². The third-order valence-electron chi connectivity index (χ3n) is 3.00. The lowest BCUT2D eigenvalue weighted by atomic mass is 10.2. The molecule has 0 aromatic carbocycles. The second-order valence-electron chi connectivity index (χ2n) is 4.77. The first kappa shape index (κ1) is 18.8. The summed E-state index contributed by atoms with van der Waals surface area (Å²) in [5, 5.41) is 0. The zero-order valence-electron chi connectivity index (χ0n) is 13.2. The van der Waals surface area contributed by atoms with Gasteiger partial charge in [-0.25, -0.2) is 0 Å². The minimum atomic E-state index is -0.283. The molecule has 3 nitrogen and oxygen atoms in total. The molecule has 0 aliphatic carbocycles. The highest BCUT2D eigenvalue weighted by Crippen LogP contribution is 2.02. The fourth-order valence-electron chi connectivity index (χ4n) is 1.95. The molecular weight excluding hydrogens is 254 g/mol. The maximum Gasteiger partial charge on any atom is 0.134 e. The third kappa shape index (κ3) is 14.0. The van der Waals surface area contributed by atoms with E-state index in [4.69, 9.17) is 9.47 Å². The molecule has 114 valence electrons. The Labute approximate surface area is 122 Å². The molecule has 0 radical (unpaired) electrons. The molecule has 0 bridgehead atoms. The number of ether oxygens (including phenoxy) is 2. The van der Waals surface area contributed by atoms with Crippen molar-refractivity contribution < 1.29 is 9.47 Å². The fraction of sp³-hybridized carbons (Fsp3) is 0.933. The normalized spacial score (nSPS) is 12.4. The Balaban J connectivity index is 3.35. The summed E-state index contributed by atoms with van der Waals surface area (Å²) in [6.07, 6.45) is 9.81. The van der Waals surface area contributed by atoms with E-state index in [9.17, 15) is 0 Å². The Kier molecular flexibility index (Phi) is 15.7. The van der Waals surface area contributed by atoms with Crippen molar-refractivity contribution >= 4 is 15.7 Å². The van der Waals surface area contributed by atoms with Crippen LogP contribution >= 0.6 is 0 Å². The van der Waals surface area contributed by atoms with Crippen molar-refractivity contribution in [1.82, 2.24) is 0 Å². The van der Waals surface area contributed by atoms with Crippen molar-refractivity contribution in [3.63, 3.8) is 0 Å². The molecule has 0 rings (SSSR count). The number of hydrogen-bond acceptors (Lipinski definition) is 3. The van der Waals surface area contributed by atoms with Crippen molar-refractivity contribution in [2.75, 3.05) is 19.8 Å². The van der Waals surface area contributed by atoms with Gasteiger partial charge in [-0.1, -0.05) is 38.7 Å². The lowest BCUT2D eigenvalue weighted by molar-refractivity contribution is -0.0827. The molecule has 0 unspecified atom stereocenters. The van der Waals surface area contributed by atoms with Crippen LogP contribution in [0.25, 0.3) is 0 Å². The Morgan fingerprint density at radius 2 is 1.68 bits per heavy atom. The van der Waals surface area contributed by atoms with E-state index in [1.165, 1.54) is 38.1 Å². The standard InChI is InChI=1S/C15H33NO2Si/c1-4-7-8-9-10-12-16-13-11-14-19-15(17-5-2)18-6-3/h13,15H,4-12,14,19H2,1-3H3. The highest BCUT2D eigenvalue weighted by Gasteiger charge is 2.06. The monoisotopic (exact) mass is 287 g/mol. The largest absolute Gasteiger partial charge is 0.357 e. The van der Waals surface area contributed by atoms with Gasteiger partial charge in [-0.05, 0) is 32.9 Å². The minimum Gasteiger partial charge on any atom is -0.357 e. The van der Waals surface area contributed by atoms with Gasteiger partial charge < -0.3 is 9.47 Å². The van der Waals surface area contributed by atoms with Crippen molar-refractivity contribution in [2.45, 2.75) is 71.3 Å². The number of hydrogen-bond donors (Lipinski definition) is 0. The Morgan fingerprint density at radius 3 is 2.32 bits per heavy atom. The SMILES string of the molecule is CCCCCCCN=CCC[SiH2]C(OCC)OCC. The lowest BCUT2D eigenvalue weighted by Gasteiger charge is -2.15. The molecule has 19 heavy (non-hydrogen) atoms. The van der Waals surface area contributed by atoms with Crippen molar-refractivity contribution in [3.05, 3.63) is 0 Å². The molecular formula is C15H33NO2Si. The van der Waals surface area contributed by atoms with Gasteiger partial charge in [0.05, 0.1) is 9.52 Å². The molecule has 0 N–H and O–H groups in total. The molecule has 0 atom stereocenters. The maximum atomic E-state index is 5.56. The first-order chi connectivity index (χ1) is 9.35. The molecule has 0 heterocycles. The number of rotatable bonds is 14. The van der Waals surface area contributed by atoms with E-state index in [1.807, 2.05) is 13.8 Å². The van der Waals surface area contributed by atoms with Crippen LogP contribution in [0.1, 0.15) is 59.3 Å². The Hall–Kier alpha value is -0.193. The second-order valence-corrected chi connectivity index (χ2v) is 6.73. The van der Waals surface area contributed by atoms with Crippen LogP contribution in [-0.4, -0.2) is 41.4 Å². The van der Waals surface area contributed by atoms with Gasteiger partial charge in [-0.2, -0.15) is 0 Å². The van der Waals surface area contributed by atoms with Crippen molar-refractivity contribution in [3.8, 4) is 0 Å². The van der Waals surface area contributed by atoms with Gasteiger partial charge in [-0.15, -0.1) is 0 Å².